The van der Waals surface area contributed by atoms with Gasteiger partial charge in [-0.05, 0) is 31.1 Å². The Balaban J connectivity index is 2.13. The van der Waals surface area contributed by atoms with Crippen molar-refractivity contribution in [2.45, 2.75) is 38.6 Å². The lowest BCUT2D eigenvalue weighted by Crippen LogP contribution is -2.44. The fourth-order valence-corrected chi connectivity index (χ4v) is 2.50. The summed E-state index contributed by atoms with van der Waals surface area (Å²) in [5, 5.41) is 5.08. The molecule has 0 aromatic rings. The van der Waals surface area contributed by atoms with E-state index in [-0.39, 0.29) is 11.9 Å². The molecule has 4 heteroatoms. The Morgan fingerprint density at radius 2 is 2.14 bits per heavy atom. The number of urea groups is 1. The predicted octanol–water partition coefficient (Wildman–Crippen LogP) is 1.02. The van der Waals surface area contributed by atoms with Crippen molar-refractivity contribution in [3.63, 3.8) is 0 Å². The minimum Gasteiger partial charge on any atom is -0.323 e. The van der Waals surface area contributed by atoms with Crippen LogP contribution < -0.4 is 10.6 Å². The van der Waals surface area contributed by atoms with E-state index < -0.39 is 5.54 Å². The van der Waals surface area contributed by atoms with Crippen molar-refractivity contribution in [3.05, 3.63) is 0 Å². The zero-order valence-corrected chi connectivity index (χ0v) is 8.59. The molecular formula is C10H16N2O2. The Labute approximate surface area is 83.4 Å². The fraction of sp³-hybridized carbons (Fsp3) is 0.800. The maximum atomic E-state index is 11.6. The van der Waals surface area contributed by atoms with E-state index in [0.717, 1.165) is 19.3 Å². The second-order valence-corrected chi connectivity index (χ2v) is 4.74. The van der Waals surface area contributed by atoms with E-state index in [1.54, 1.807) is 0 Å². The molecule has 1 spiro atoms. The van der Waals surface area contributed by atoms with Crippen molar-refractivity contribution < 1.29 is 9.59 Å². The molecular weight excluding hydrogens is 180 g/mol. The molecule has 0 aromatic heterocycles. The third-order valence-electron chi connectivity index (χ3n) is 3.51. The first-order valence-electron chi connectivity index (χ1n) is 5.17. The van der Waals surface area contributed by atoms with Gasteiger partial charge in [0, 0.05) is 0 Å². The summed E-state index contributed by atoms with van der Waals surface area (Å²) in [4.78, 5) is 22.6. The van der Waals surface area contributed by atoms with Crippen LogP contribution in [-0.4, -0.2) is 17.5 Å². The third-order valence-corrected chi connectivity index (χ3v) is 3.51. The van der Waals surface area contributed by atoms with Gasteiger partial charge >= 0.3 is 6.03 Å². The first-order valence-corrected chi connectivity index (χ1v) is 5.17. The Morgan fingerprint density at radius 1 is 1.43 bits per heavy atom. The van der Waals surface area contributed by atoms with E-state index >= 15 is 0 Å². The van der Waals surface area contributed by atoms with Crippen molar-refractivity contribution in [3.8, 4) is 0 Å². The molecule has 1 aliphatic carbocycles. The highest BCUT2D eigenvalue weighted by atomic mass is 16.2. The van der Waals surface area contributed by atoms with Gasteiger partial charge in [-0.25, -0.2) is 4.79 Å². The maximum absolute atomic E-state index is 11.6. The summed E-state index contributed by atoms with van der Waals surface area (Å²) in [5.74, 6) is 1.00. The van der Waals surface area contributed by atoms with Crippen LogP contribution in [0, 0.1) is 11.8 Å². The van der Waals surface area contributed by atoms with Gasteiger partial charge in [-0.15, -0.1) is 0 Å². The van der Waals surface area contributed by atoms with Crippen molar-refractivity contribution in [2.24, 2.45) is 11.8 Å². The van der Waals surface area contributed by atoms with Crippen molar-refractivity contribution >= 4 is 11.9 Å². The summed E-state index contributed by atoms with van der Waals surface area (Å²) in [6, 6.07) is -0.334. The highest BCUT2D eigenvalue weighted by molar-refractivity contribution is 6.07. The van der Waals surface area contributed by atoms with E-state index in [2.05, 4.69) is 24.5 Å². The summed E-state index contributed by atoms with van der Waals surface area (Å²) in [5.41, 5.74) is -0.577. The van der Waals surface area contributed by atoms with Crippen LogP contribution >= 0.6 is 0 Å². The molecule has 2 atom stereocenters. The van der Waals surface area contributed by atoms with Crippen LogP contribution in [0.1, 0.15) is 33.1 Å². The normalized spacial score (nSPS) is 36.6. The Kier molecular flexibility index (Phi) is 2.01. The molecule has 0 radical (unpaired) electrons. The second kappa shape index (κ2) is 2.97. The molecule has 1 saturated heterocycles. The number of carbonyl (C=O) groups excluding carboxylic acids is 2. The highest BCUT2D eigenvalue weighted by Gasteiger charge is 2.51. The Hall–Kier alpha value is -1.06. The van der Waals surface area contributed by atoms with Gasteiger partial charge < -0.3 is 5.32 Å². The van der Waals surface area contributed by atoms with Crippen LogP contribution in [0.3, 0.4) is 0 Å². The van der Waals surface area contributed by atoms with Gasteiger partial charge in [0.2, 0.25) is 0 Å². The predicted molar refractivity (Wildman–Crippen MR) is 51.6 cm³/mol. The average Bonchev–Trinajstić information content (AvgIpc) is 2.59. The van der Waals surface area contributed by atoms with Gasteiger partial charge in [0.25, 0.3) is 5.91 Å². The molecule has 2 fully saturated rings. The van der Waals surface area contributed by atoms with Gasteiger partial charge in [-0.2, -0.15) is 0 Å². The standard InChI is InChI=1S/C10H16N2O2/c1-6(2)7-3-4-10(5-7)8(13)11-9(14)12-10/h6-7H,3-5H2,1-2H3,(H2,11,12,13,14)/t7-,10-/m0/s1. The van der Waals surface area contributed by atoms with Gasteiger partial charge in [-0.3, -0.25) is 10.1 Å². The van der Waals surface area contributed by atoms with E-state index in [1.165, 1.54) is 0 Å². The fourth-order valence-electron chi connectivity index (χ4n) is 2.50. The summed E-state index contributed by atoms with van der Waals surface area (Å²) in [7, 11) is 0. The Bertz CT molecular complexity index is 288. The first-order chi connectivity index (χ1) is 6.53. The molecule has 1 saturated carbocycles. The molecule has 0 aromatic carbocycles. The van der Waals surface area contributed by atoms with Gasteiger partial charge in [0.15, 0.2) is 0 Å². The Morgan fingerprint density at radius 3 is 2.57 bits per heavy atom. The lowest BCUT2D eigenvalue weighted by atomic mass is 9.90. The number of amides is 3. The van der Waals surface area contributed by atoms with Crippen LogP contribution in [-0.2, 0) is 4.79 Å². The molecule has 3 amide bonds. The number of hydrogen-bond acceptors (Lipinski definition) is 2. The highest BCUT2D eigenvalue weighted by Crippen LogP contribution is 2.39. The van der Waals surface area contributed by atoms with Crippen LogP contribution in [0.25, 0.3) is 0 Å². The van der Waals surface area contributed by atoms with Gasteiger partial charge in [0.1, 0.15) is 5.54 Å². The molecule has 1 aliphatic heterocycles. The topological polar surface area (TPSA) is 58.2 Å². The maximum Gasteiger partial charge on any atom is 0.322 e. The molecule has 0 unspecified atom stereocenters. The zero-order valence-electron chi connectivity index (χ0n) is 8.59. The van der Waals surface area contributed by atoms with E-state index in [4.69, 9.17) is 0 Å². The van der Waals surface area contributed by atoms with Crippen LogP contribution in [0.2, 0.25) is 0 Å². The lowest BCUT2D eigenvalue weighted by Gasteiger charge is -2.20. The minimum absolute atomic E-state index is 0.134. The van der Waals surface area contributed by atoms with E-state index in [9.17, 15) is 9.59 Å². The van der Waals surface area contributed by atoms with Crippen LogP contribution in [0.5, 0.6) is 0 Å². The lowest BCUT2D eigenvalue weighted by molar-refractivity contribution is -0.123. The van der Waals surface area contributed by atoms with E-state index in [1.807, 2.05) is 0 Å². The zero-order chi connectivity index (χ0) is 10.3. The largest absolute Gasteiger partial charge is 0.323 e. The van der Waals surface area contributed by atoms with Gasteiger partial charge in [-0.1, -0.05) is 13.8 Å². The van der Waals surface area contributed by atoms with Crippen molar-refractivity contribution in [2.75, 3.05) is 0 Å². The number of hydrogen-bond donors (Lipinski definition) is 2. The van der Waals surface area contributed by atoms with Crippen molar-refractivity contribution in [1.29, 1.82) is 0 Å². The first kappa shape index (κ1) is 9.49. The second-order valence-electron chi connectivity index (χ2n) is 4.74. The molecule has 78 valence electrons. The molecule has 2 N–H and O–H groups in total. The molecule has 4 nitrogen and oxygen atoms in total. The summed E-state index contributed by atoms with van der Waals surface area (Å²) in [6.45, 7) is 4.33. The van der Waals surface area contributed by atoms with Crippen molar-refractivity contribution in [1.82, 2.24) is 10.6 Å². The third kappa shape index (κ3) is 1.29. The molecule has 2 rings (SSSR count). The summed E-state index contributed by atoms with van der Waals surface area (Å²) < 4.78 is 0. The number of rotatable bonds is 1. The molecule has 1 heterocycles. The number of carbonyl (C=O) groups is 2. The SMILES string of the molecule is CC(C)[C@H]1CC[C@@]2(C1)NC(=O)NC2=O. The summed E-state index contributed by atoms with van der Waals surface area (Å²) in [6.07, 6.45) is 2.61. The van der Waals surface area contributed by atoms with Crippen LogP contribution in [0.4, 0.5) is 4.79 Å². The average molecular weight is 196 g/mol. The monoisotopic (exact) mass is 196 g/mol. The molecule has 0 bridgehead atoms. The molecule has 2 aliphatic rings. The quantitative estimate of drug-likeness (QED) is 0.615. The van der Waals surface area contributed by atoms with E-state index in [0.29, 0.717) is 11.8 Å². The smallest absolute Gasteiger partial charge is 0.322 e. The molecule has 14 heavy (non-hydrogen) atoms. The van der Waals surface area contributed by atoms with Gasteiger partial charge in [0.05, 0.1) is 0 Å². The number of nitrogens with one attached hydrogen (secondary N) is 2. The van der Waals surface area contributed by atoms with Crippen LogP contribution in [0.15, 0.2) is 0 Å². The minimum atomic E-state index is -0.577. The summed E-state index contributed by atoms with van der Waals surface area (Å²) >= 11 is 0. The number of imide groups is 1.